The summed E-state index contributed by atoms with van der Waals surface area (Å²) in [5.41, 5.74) is 1.66. The molecule has 2 aromatic heterocycles. The van der Waals surface area contributed by atoms with Crippen molar-refractivity contribution >= 4 is 29.0 Å². The Hall–Kier alpha value is -3.02. The van der Waals surface area contributed by atoms with E-state index in [1.807, 2.05) is 17.6 Å². The van der Waals surface area contributed by atoms with E-state index in [1.54, 1.807) is 48.4 Å². The largest absolute Gasteiger partial charge is 0.494 e. The molecule has 1 atom stereocenters. The lowest BCUT2D eigenvalue weighted by Gasteiger charge is -2.41. The molecule has 0 aliphatic carbocycles. The molecule has 0 fully saturated rings. The van der Waals surface area contributed by atoms with E-state index in [-0.39, 0.29) is 5.91 Å². The van der Waals surface area contributed by atoms with Crippen LogP contribution in [0.4, 0.5) is 5.69 Å². The van der Waals surface area contributed by atoms with Gasteiger partial charge in [0.2, 0.25) is 0 Å². The fourth-order valence-electron chi connectivity index (χ4n) is 3.42. The Bertz CT molecular complexity index is 954. The van der Waals surface area contributed by atoms with Crippen LogP contribution < -0.4 is 9.64 Å². The Morgan fingerprint density at radius 1 is 1.28 bits per heavy atom. The second-order valence-corrected chi connectivity index (χ2v) is 6.33. The van der Waals surface area contributed by atoms with Gasteiger partial charge in [-0.3, -0.25) is 9.69 Å². The molecule has 0 saturated carbocycles. The van der Waals surface area contributed by atoms with Crippen molar-refractivity contribution in [3.8, 4) is 5.75 Å². The first-order valence-corrected chi connectivity index (χ1v) is 8.18. The average Bonchev–Trinajstić information content (AvgIpc) is 3.19. The number of aromatic nitrogens is 1. The number of amides is 1. The Labute approximate surface area is 144 Å². The van der Waals surface area contributed by atoms with Gasteiger partial charge < -0.3 is 18.5 Å². The molecule has 0 saturated heterocycles. The summed E-state index contributed by atoms with van der Waals surface area (Å²) in [7, 11) is 0. The van der Waals surface area contributed by atoms with Gasteiger partial charge in [0.15, 0.2) is 5.58 Å². The van der Waals surface area contributed by atoms with Crippen molar-refractivity contribution in [2.75, 3.05) is 11.5 Å². The molecule has 1 aliphatic heterocycles. The molecule has 0 radical (unpaired) electrons. The molecule has 6 nitrogen and oxygen atoms in total. The zero-order valence-electron chi connectivity index (χ0n) is 14.1. The molecule has 128 valence electrons. The van der Waals surface area contributed by atoms with Crippen molar-refractivity contribution in [3.05, 3.63) is 48.4 Å². The molecule has 1 amide bonds. The fraction of sp³-hybridized carbons (Fsp3) is 0.263. The van der Waals surface area contributed by atoms with Gasteiger partial charge in [0.05, 0.1) is 24.9 Å². The lowest BCUT2D eigenvalue weighted by Crippen LogP contribution is -2.58. The van der Waals surface area contributed by atoms with Gasteiger partial charge in [-0.05, 0) is 38.1 Å². The first-order valence-electron chi connectivity index (χ1n) is 8.18. The summed E-state index contributed by atoms with van der Waals surface area (Å²) in [5, 5.41) is 0. The van der Waals surface area contributed by atoms with E-state index in [2.05, 4.69) is 0 Å². The number of nitrogens with zero attached hydrogens (tertiary/aromatic N) is 2. The van der Waals surface area contributed by atoms with E-state index in [9.17, 15) is 9.59 Å². The van der Waals surface area contributed by atoms with Crippen LogP contribution in [0.5, 0.6) is 5.75 Å². The molecule has 0 bridgehead atoms. The molecule has 6 heteroatoms. The molecular weight excluding hydrogens is 320 g/mol. The summed E-state index contributed by atoms with van der Waals surface area (Å²) < 4.78 is 12.7. The van der Waals surface area contributed by atoms with Gasteiger partial charge in [-0.1, -0.05) is 0 Å². The number of hydrogen-bond donors (Lipinski definition) is 0. The summed E-state index contributed by atoms with van der Waals surface area (Å²) in [4.78, 5) is 26.6. The fourth-order valence-corrected chi connectivity index (χ4v) is 3.42. The highest BCUT2D eigenvalue weighted by molar-refractivity contribution is 6.11. The number of fused-ring (bicyclic) bond motifs is 3. The van der Waals surface area contributed by atoms with E-state index in [0.29, 0.717) is 30.1 Å². The predicted octanol–water partition coefficient (Wildman–Crippen LogP) is 3.25. The normalized spacial score (nSPS) is 19.9. The molecule has 0 spiro atoms. The minimum Gasteiger partial charge on any atom is -0.494 e. The van der Waals surface area contributed by atoms with E-state index < -0.39 is 5.54 Å². The maximum atomic E-state index is 13.1. The number of benzene rings is 1. The van der Waals surface area contributed by atoms with Crippen LogP contribution in [-0.4, -0.2) is 28.9 Å². The molecule has 3 aromatic rings. The Morgan fingerprint density at radius 3 is 2.72 bits per heavy atom. The van der Waals surface area contributed by atoms with E-state index in [4.69, 9.17) is 9.15 Å². The summed E-state index contributed by atoms with van der Waals surface area (Å²) in [6, 6.07) is 10.7. The molecular formula is C19H18N2O4. The smallest absolute Gasteiger partial charge is 0.275 e. The molecule has 1 unspecified atom stereocenters. The van der Waals surface area contributed by atoms with Gasteiger partial charge in [-0.2, -0.15) is 0 Å². The van der Waals surface area contributed by atoms with Gasteiger partial charge >= 0.3 is 0 Å². The number of carbonyl (C=O) groups is 2. The summed E-state index contributed by atoms with van der Waals surface area (Å²) in [6.07, 6.45) is 2.41. The predicted molar refractivity (Wildman–Crippen MR) is 93.1 cm³/mol. The first-order chi connectivity index (χ1) is 12.1. The van der Waals surface area contributed by atoms with Crippen LogP contribution in [0.3, 0.4) is 0 Å². The standard InChI is InChI=1S/C19H18N2O4/c1-3-24-14-6-4-13(5-7-14)21-18(23)16-10-17-15(8-9-25-17)20(16)11-19(21,2)12-22/h4-10,12H,3,11H2,1-2H3. The SMILES string of the molecule is CCOc1ccc(N2C(=O)c3cc4occc4n3CC2(C)C=O)cc1. The van der Waals surface area contributed by atoms with Crippen LogP contribution >= 0.6 is 0 Å². The zero-order chi connectivity index (χ0) is 17.6. The maximum absolute atomic E-state index is 13.1. The van der Waals surface area contributed by atoms with Crippen molar-refractivity contribution in [3.63, 3.8) is 0 Å². The highest BCUT2D eigenvalue weighted by Gasteiger charge is 2.43. The molecule has 1 aromatic carbocycles. The molecule has 0 N–H and O–H groups in total. The second-order valence-electron chi connectivity index (χ2n) is 6.33. The minimum atomic E-state index is -0.986. The van der Waals surface area contributed by atoms with Gasteiger partial charge in [0, 0.05) is 17.8 Å². The number of anilines is 1. The Kier molecular flexibility index (Phi) is 3.42. The molecule has 1 aliphatic rings. The highest BCUT2D eigenvalue weighted by Crippen LogP contribution is 2.35. The van der Waals surface area contributed by atoms with Crippen molar-refractivity contribution in [2.45, 2.75) is 25.9 Å². The van der Waals surface area contributed by atoms with Crippen LogP contribution in [0.1, 0.15) is 24.3 Å². The van der Waals surface area contributed by atoms with Crippen LogP contribution in [0, 0.1) is 0 Å². The number of rotatable bonds is 4. The minimum absolute atomic E-state index is 0.226. The third-order valence-corrected chi connectivity index (χ3v) is 4.59. The zero-order valence-corrected chi connectivity index (χ0v) is 14.1. The van der Waals surface area contributed by atoms with E-state index in [0.717, 1.165) is 17.6 Å². The summed E-state index contributed by atoms with van der Waals surface area (Å²) in [5.74, 6) is 0.501. The van der Waals surface area contributed by atoms with Crippen molar-refractivity contribution in [1.29, 1.82) is 0 Å². The van der Waals surface area contributed by atoms with Crippen molar-refractivity contribution < 1.29 is 18.7 Å². The molecule has 3 heterocycles. The van der Waals surface area contributed by atoms with E-state index in [1.165, 1.54) is 0 Å². The van der Waals surface area contributed by atoms with Gasteiger partial charge in [0.25, 0.3) is 5.91 Å². The van der Waals surface area contributed by atoms with Crippen molar-refractivity contribution in [1.82, 2.24) is 4.57 Å². The monoisotopic (exact) mass is 338 g/mol. The third kappa shape index (κ3) is 2.25. The Morgan fingerprint density at radius 2 is 2.04 bits per heavy atom. The van der Waals surface area contributed by atoms with Gasteiger partial charge in [0.1, 0.15) is 23.3 Å². The first kappa shape index (κ1) is 15.5. The lowest BCUT2D eigenvalue weighted by molar-refractivity contribution is -0.112. The number of furan rings is 1. The Balaban J connectivity index is 1.82. The quantitative estimate of drug-likeness (QED) is 0.685. The van der Waals surface area contributed by atoms with Crippen LogP contribution in [0.25, 0.3) is 11.1 Å². The third-order valence-electron chi connectivity index (χ3n) is 4.59. The number of carbonyl (C=O) groups excluding carboxylic acids is 2. The number of hydrogen-bond acceptors (Lipinski definition) is 4. The number of aldehydes is 1. The van der Waals surface area contributed by atoms with Crippen LogP contribution in [0.15, 0.2) is 47.1 Å². The van der Waals surface area contributed by atoms with Crippen molar-refractivity contribution in [2.24, 2.45) is 0 Å². The summed E-state index contributed by atoms with van der Waals surface area (Å²) in [6.45, 7) is 4.62. The van der Waals surface area contributed by atoms with Crippen LogP contribution in [-0.2, 0) is 11.3 Å². The number of ether oxygens (including phenoxy) is 1. The molecule has 25 heavy (non-hydrogen) atoms. The van der Waals surface area contributed by atoms with Gasteiger partial charge in [-0.25, -0.2) is 0 Å². The second kappa shape index (κ2) is 5.51. The van der Waals surface area contributed by atoms with E-state index >= 15 is 0 Å². The summed E-state index contributed by atoms with van der Waals surface area (Å²) >= 11 is 0. The lowest BCUT2D eigenvalue weighted by atomic mass is 9.97. The van der Waals surface area contributed by atoms with Gasteiger partial charge in [-0.15, -0.1) is 0 Å². The average molecular weight is 338 g/mol. The maximum Gasteiger partial charge on any atom is 0.275 e. The molecule has 4 rings (SSSR count). The van der Waals surface area contributed by atoms with Crippen LogP contribution in [0.2, 0.25) is 0 Å². The highest BCUT2D eigenvalue weighted by atomic mass is 16.5. The topological polar surface area (TPSA) is 64.7 Å².